The number of rotatable bonds is 7. The van der Waals surface area contributed by atoms with Crippen LogP contribution in [0.2, 0.25) is 0 Å². The van der Waals surface area contributed by atoms with Crippen LogP contribution in [0.1, 0.15) is 18.5 Å². The first-order valence-corrected chi connectivity index (χ1v) is 12.0. The Balaban J connectivity index is 1.70. The molecule has 1 aliphatic rings. The second-order valence-electron chi connectivity index (χ2n) is 8.40. The standard InChI is InChI=1S/C27H27ClFN3O3/c1-19-18-31(16-15-30-19)27(34)26(20-7-9-21(29)10-8-20)32(25(33)17-28)22-11-13-24(14-12-22)35-23-5-3-2-4-6-23/h2-14,19,26,30H,15-18H2,1H3/t19-,26+/m0/s1. The van der Waals surface area contributed by atoms with Crippen molar-refractivity contribution >= 4 is 29.1 Å². The van der Waals surface area contributed by atoms with Gasteiger partial charge in [0.2, 0.25) is 5.91 Å². The molecule has 0 spiro atoms. The van der Waals surface area contributed by atoms with Crippen LogP contribution in [0.25, 0.3) is 0 Å². The van der Waals surface area contributed by atoms with Crippen molar-refractivity contribution < 1.29 is 18.7 Å². The van der Waals surface area contributed by atoms with Crippen LogP contribution in [-0.2, 0) is 9.59 Å². The van der Waals surface area contributed by atoms with Crippen molar-refractivity contribution in [3.8, 4) is 11.5 Å². The lowest BCUT2D eigenvalue weighted by Gasteiger charge is -2.38. The van der Waals surface area contributed by atoms with Gasteiger partial charge in [-0.15, -0.1) is 11.6 Å². The first kappa shape index (κ1) is 24.7. The molecule has 2 amide bonds. The summed E-state index contributed by atoms with van der Waals surface area (Å²) < 4.78 is 19.6. The highest BCUT2D eigenvalue weighted by Gasteiger charge is 2.36. The molecule has 4 rings (SSSR count). The molecule has 35 heavy (non-hydrogen) atoms. The zero-order valence-electron chi connectivity index (χ0n) is 19.4. The number of hydrogen-bond acceptors (Lipinski definition) is 4. The van der Waals surface area contributed by atoms with Crippen LogP contribution in [0.4, 0.5) is 10.1 Å². The second-order valence-corrected chi connectivity index (χ2v) is 8.67. The number of amides is 2. The number of carbonyl (C=O) groups excluding carboxylic acids is 2. The molecule has 1 aliphatic heterocycles. The third-order valence-corrected chi connectivity index (χ3v) is 6.06. The van der Waals surface area contributed by atoms with Gasteiger partial charge in [-0.1, -0.05) is 30.3 Å². The molecule has 0 saturated carbocycles. The molecule has 0 aliphatic carbocycles. The minimum Gasteiger partial charge on any atom is -0.457 e. The maximum absolute atomic E-state index is 13.8. The van der Waals surface area contributed by atoms with Gasteiger partial charge >= 0.3 is 0 Å². The molecule has 0 aromatic heterocycles. The van der Waals surface area contributed by atoms with Crippen molar-refractivity contribution in [2.75, 3.05) is 30.4 Å². The van der Waals surface area contributed by atoms with E-state index in [1.54, 1.807) is 29.2 Å². The largest absolute Gasteiger partial charge is 0.457 e. The number of ether oxygens (including phenoxy) is 1. The molecule has 0 radical (unpaired) electrons. The Morgan fingerprint density at radius 2 is 1.71 bits per heavy atom. The predicted molar refractivity (Wildman–Crippen MR) is 134 cm³/mol. The van der Waals surface area contributed by atoms with Gasteiger partial charge in [-0.2, -0.15) is 0 Å². The van der Waals surface area contributed by atoms with Crippen LogP contribution in [0.3, 0.4) is 0 Å². The van der Waals surface area contributed by atoms with Gasteiger partial charge in [0.15, 0.2) is 0 Å². The van der Waals surface area contributed by atoms with Crippen molar-refractivity contribution in [2.24, 2.45) is 0 Å². The number of carbonyl (C=O) groups is 2. The van der Waals surface area contributed by atoms with Crippen LogP contribution in [0, 0.1) is 5.82 Å². The van der Waals surface area contributed by atoms with E-state index in [-0.39, 0.29) is 17.8 Å². The van der Waals surface area contributed by atoms with Crippen molar-refractivity contribution in [3.63, 3.8) is 0 Å². The van der Waals surface area contributed by atoms with E-state index >= 15 is 0 Å². The van der Waals surface area contributed by atoms with Crippen LogP contribution < -0.4 is 15.0 Å². The zero-order chi connectivity index (χ0) is 24.8. The number of para-hydroxylation sites is 1. The molecule has 3 aromatic carbocycles. The van der Waals surface area contributed by atoms with Crippen molar-refractivity contribution in [1.82, 2.24) is 10.2 Å². The van der Waals surface area contributed by atoms with Gasteiger partial charge in [-0.3, -0.25) is 14.5 Å². The fraction of sp³-hybridized carbons (Fsp3) is 0.259. The molecule has 0 bridgehead atoms. The third-order valence-electron chi connectivity index (χ3n) is 5.84. The average Bonchev–Trinajstić information content (AvgIpc) is 2.88. The maximum atomic E-state index is 13.8. The summed E-state index contributed by atoms with van der Waals surface area (Å²) in [5.74, 6) is -0.152. The van der Waals surface area contributed by atoms with E-state index < -0.39 is 17.8 Å². The zero-order valence-corrected chi connectivity index (χ0v) is 20.1. The average molecular weight is 496 g/mol. The molecular weight excluding hydrogens is 469 g/mol. The van der Waals surface area contributed by atoms with Gasteiger partial charge in [0.1, 0.15) is 29.2 Å². The molecule has 1 fully saturated rings. The van der Waals surface area contributed by atoms with Gasteiger partial charge in [0.25, 0.3) is 5.91 Å². The number of piperazine rings is 1. The normalized spacial score (nSPS) is 16.4. The van der Waals surface area contributed by atoms with Gasteiger partial charge in [-0.25, -0.2) is 4.39 Å². The topological polar surface area (TPSA) is 61.9 Å². The summed E-state index contributed by atoms with van der Waals surface area (Å²) >= 11 is 5.99. The first-order chi connectivity index (χ1) is 17.0. The fourth-order valence-corrected chi connectivity index (χ4v) is 4.28. The lowest BCUT2D eigenvalue weighted by Crippen LogP contribution is -2.55. The van der Waals surface area contributed by atoms with E-state index in [0.717, 1.165) is 0 Å². The van der Waals surface area contributed by atoms with Gasteiger partial charge < -0.3 is 15.0 Å². The van der Waals surface area contributed by atoms with Crippen LogP contribution in [-0.4, -0.2) is 48.3 Å². The molecule has 8 heteroatoms. The third kappa shape index (κ3) is 5.99. The van der Waals surface area contributed by atoms with Crippen molar-refractivity contribution in [1.29, 1.82) is 0 Å². The molecule has 1 N–H and O–H groups in total. The minimum absolute atomic E-state index is 0.119. The molecule has 6 nitrogen and oxygen atoms in total. The van der Waals surface area contributed by atoms with Crippen LogP contribution in [0.5, 0.6) is 11.5 Å². The van der Waals surface area contributed by atoms with Gasteiger partial charge in [-0.05, 0) is 61.0 Å². The lowest BCUT2D eigenvalue weighted by molar-refractivity contribution is -0.135. The van der Waals surface area contributed by atoms with Gasteiger partial charge in [0.05, 0.1) is 0 Å². The van der Waals surface area contributed by atoms with E-state index in [4.69, 9.17) is 16.3 Å². The Morgan fingerprint density at radius 3 is 2.34 bits per heavy atom. The van der Waals surface area contributed by atoms with Gasteiger partial charge in [0, 0.05) is 31.4 Å². The smallest absolute Gasteiger partial charge is 0.250 e. The second kappa shape index (κ2) is 11.3. The Bertz CT molecular complexity index is 1140. The Morgan fingerprint density at radius 1 is 1.06 bits per heavy atom. The van der Waals surface area contributed by atoms with E-state index in [0.29, 0.717) is 42.4 Å². The van der Waals surface area contributed by atoms with E-state index in [1.807, 2.05) is 37.3 Å². The number of alkyl halides is 1. The summed E-state index contributed by atoms with van der Waals surface area (Å²) in [6.07, 6.45) is 0. The number of benzene rings is 3. The quantitative estimate of drug-likeness (QED) is 0.480. The number of nitrogens with one attached hydrogen (secondary N) is 1. The molecule has 1 heterocycles. The molecule has 1 saturated heterocycles. The highest BCUT2D eigenvalue weighted by molar-refractivity contribution is 6.29. The summed E-state index contributed by atoms with van der Waals surface area (Å²) in [5, 5.41) is 3.31. The summed E-state index contributed by atoms with van der Waals surface area (Å²) in [5.41, 5.74) is 0.993. The SMILES string of the molecule is C[C@H]1CN(C(=O)[C@@H](c2ccc(F)cc2)N(C(=O)CCl)c2ccc(Oc3ccccc3)cc2)CCN1. The van der Waals surface area contributed by atoms with Crippen molar-refractivity contribution in [3.05, 3.63) is 90.2 Å². The van der Waals surface area contributed by atoms with E-state index in [2.05, 4.69) is 5.32 Å². The molecule has 182 valence electrons. The summed E-state index contributed by atoms with van der Waals surface area (Å²) in [6, 6.07) is 21.0. The highest BCUT2D eigenvalue weighted by atomic mass is 35.5. The molecule has 3 aromatic rings. The fourth-order valence-electron chi connectivity index (χ4n) is 4.15. The monoisotopic (exact) mass is 495 g/mol. The van der Waals surface area contributed by atoms with E-state index in [9.17, 15) is 14.0 Å². The number of halogens is 2. The lowest BCUT2D eigenvalue weighted by atomic mass is 10.0. The van der Waals surface area contributed by atoms with Crippen LogP contribution >= 0.6 is 11.6 Å². The molecular formula is C27H27ClFN3O3. The summed E-state index contributed by atoms with van der Waals surface area (Å²) in [6.45, 7) is 3.66. The maximum Gasteiger partial charge on any atom is 0.250 e. The number of nitrogens with zero attached hydrogens (tertiary/aromatic N) is 2. The number of anilines is 1. The first-order valence-electron chi connectivity index (χ1n) is 11.4. The highest BCUT2D eigenvalue weighted by Crippen LogP contribution is 2.32. The van der Waals surface area contributed by atoms with Crippen molar-refractivity contribution in [2.45, 2.75) is 19.0 Å². The van der Waals surface area contributed by atoms with Crippen LogP contribution in [0.15, 0.2) is 78.9 Å². The summed E-state index contributed by atoms with van der Waals surface area (Å²) in [7, 11) is 0. The molecule has 0 unspecified atom stereocenters. The molecule has 2 atom stereocenters. The summed E-state index contributed by atoms with van der Waals surface area (Å²) in [4.78, 5) is 30.1. The minimum atomic E-state index is -0.993. The number of hydrogen-bond donors (Lipinski definition) is 1. The predicted octanol–water partition coefficient (Wildman–Crippen LogP) is 4.75. The Kier molecular flexibility index (Phi) is 8.00. The Labute approximate surface area is 209 Å². The Hall–Kier alpha value is -3.42. The van der Waals surface area contributed by atoms with E-state index in [1.165, 1.54) is 29.2 Å².